The summed E-state index contributed by atoms with van der Waals surface area (Å²) in [5, 5.41) is 1.80. The standard InChI is InChI=1S/C24H16Cl2N2O5/c1-32-21-10-8-16(26)13-18(21)24(31)33-20-9-7-15(25)11-14(20)12-19-22(29)27-28(23(19)30)17-5-3-2-4-6-17/h2-13H,1H3,(H,27,29)/b19-12-. The molecule has 0 atom stereocenters. The minimum Gasteiger partial charge on any atom is -0.496 e. The monoisotopic (exact) mass is 482 g/mol. The van der Waals surface area contributed by atoms with E-state index in [1.807, 2.05) is 0 Å². The molecule has 4 rings (SSSR count). The molecule has 1 N–H and O–H groups in total. The fourth-order valence-electron chi connectivity index (χ4n) is 3.19. The van der Waals surface area contributed by atoms with Crippen LogP contribution in [0.4, 0.5) is 5.69 Å². The molecule has 0 bridgehead atoms. The van der Waals surface area contributed by atoms with Gasteiger partial charge in [-0.1, -0.05) is 41.4 Å². The summed E-state index contributed by atoms with van der Waals surface area (Å²) in [4.78, 5) is 38.2. The van der Waals surface area contributed by atoms with Crippen LogP contribution in [0.5, 0.6) is 11.5 Å². The fourth-order valence-corrected chi connectivity index (χ4v) is 3.54. The maximum absolute atomic E-state index is 12.9. The van der Waals surface area contributed by atoms with Gasteiger partial charge in [0, 0.05) is 15.6 Å². The van der Waals surface area contributed by atoms with Gasteiger partial charge < -0.3 is 9.47 Å². The van der Waals surface area contributed by atoms with Crippen LogP contribution in [0.2, 0.25) is 10.0 Å². The Balaban J connectivity index is 1.68. The minimum absolute atomic E-state index is 0.0951. The molecular formula is C24H16Cl2N2O5. The molecule has 0 radical (unpaired) electrons. The van der Waals surface area contributed by atoms with Crippen LogP contribution in [0.3, 0.4) is 0 Å². The van der Waals surface area contributed by atoms with Gasteiger partial charge in [-0.05, 0) is 54.6 Å². The number of nitrogens with zero attached hydrogens (tertiary/aromatic N) is 1. The van der Waals surface area contributed by atoms with Crippen molar-refractivity contribution in [2.75, 3.05) is 12.1 Å². The van der Waals surface area contributed by atoms with E-state index in [-0.39, 0.29) is 28.2 Å². The van der Waals surface area contributed by atoms with Crippen LogP contribution < -0.4 is 19.9 Å². The van der Waals surface area contributed by atoms with E-state index >= 15 is 0 Å². The Morgan fingerprint density at radius 1 is 0.939 bits per heavy atom. The highest BCUT2D eigenvalue weighted by atomic mass is 35.5. The minimum atomic E-state index is -0.732. The van der Waals surface area contributed by atoms with Crippen molar-refractivity contribution in [2.24, 2.45) is 0 Å². The number of carbonyl (C=O) groups excluding carboxylic acids is 3. The van der Waals surface area contributed by atoms with E-state index in [4.69, 9.17) is 32.7 Å². The van der Waals surface area contributed by atoms with Gasteiger partial charge >= 0.3 is 5.97 Å². The number of hydrogen-bond acceptors (Lipinski definition) is 5. The highest BCUT2D eigenvalue weighted by molar-refractivity contribution is 6.33. The van der Waals surface area contributed by atoms with Crippen molar-refractivity contribution >= 4 is 52.7 Å². The number of esters is 1. The van der Waals surface area contributed by atoms with Gasteiger partial charge in [-0.3, -0.25) is 15.0 Å². The van der Waals surface area contributed by atoms with Crippen LogP contribution in [0.1, 0.15) is 15.9 Å². The summed E-state index contributed by atoms with van der Waals surface area (Å²) in [7, 11) is 1.42. The predicted octanol–water partition coefficient (Wildman–Crippen LogP) is 4.68. The molecule has 0 aromatic heterocycles. The highest BCUT2D eigenvalue weighted by Gasteiger charge is 2.34. The van der Waals surface area contributed by atoms with Gasteiger partial charge in [-0.15, -0.1) is 0 Å². The number of rotatable bonds is 5. The van der Waals surface area contributed by atoms with Crippen LogP contribution in [-0.2, 0) is 9.59 Å². The maximum Gasteiger partial charge on any atom is 0.347 e. The van der Waals surface area contributed by atoms with Crippen LogP contribution >= 0.6 is 23.2 Å². The lowest BCUT2D eigenvalue weighted by atomic mass is 10.1. The molecule has 0 saturated carbocycles. The lowest BCUT2D eigenvalue weighted by Crippen LogP contribution is -2.35. The molecule has 0 unspecified atom stereocenters. The number of halogens is 2. The third kappa shape index (κ3) is 4.69. The Bertz CT molecular complexity index is 1290. The van der Waals surface area contributed by atoms with E-state index in [2.05, 4.69) is 5.43 Å². The molecule has 0 spiro atoms. The van der Waals surface area contributed by atoms with Gasteiger partial charge in [0.1, 0.15) is 22.6 Å². The van der Waals surface area contributed by atoms with E-state index in [0.29, 0.717) is 15.7 Å². The maximum atomic E-state index is 12.9. The van der Waals surface area contributed by atoms with E-state index in [0.717, 1.165) is 5.01 Å². The van der Waals surface area contributed by atoms with Crippen LogP contribution in [-0.4, -0.2) is 24.9 Å². The number of anilines is 1. The van der Waals surface area contributed by atoms with Crippen molar-refractivity contribution in [1.29, 1.82) is 0 Å². The van der Waals surface area contributed by atoms with Crippen LogP contribution in [0, 0.1) is 0 Å². The average molecular weight is 483 g/mol. The van der Waals surface area contributed by atoms with E-state index in [1.165, 1.54) is 37.5 Å². The Hall–Kier alpha value is -3.81. The quantitative estimate of drug-likeness (QED) is 0.247. The molecule has 7 nitrogen and oxygen atoms in total. The summed E-state index contributed by atoms with van der Waals surface area (Å²) < 4.78 is 10.7. The van der Waals surface area contributed by atoms with Crippen molar-refractivity contribution in [1.82, 2.24) is 5.43 Å². The van der Waals surface area contributed by atoms with Crippen LogP contribution in [0.15, 0.2) is 72.3 Å². The van der Waals surface area contributed by atoms with Gasteiger partial charge in [0.15, 0.2) is 0 Å². The second-order valence-corrected chi connectivity index (χ2v) is 7.76. The molecule has 3 aromatic rings. The summed E-state index contributed by atoms with van der Waals surface area (Å²) in [6.45, 7) is 0. The molecule has 1 aliphatic heterocycles. The lowest BCUT2D eigenvalue weighted by molar-refractivity contribution is -0.117. The molecule has 33 heavy (non-hydrogen) atoms. The Labute approximate surface area is 199 Å². The highest BCUT2D eigenvalue weighted by Crippen LogP contribution is 2.30. The number of nitrogens with one attached hydrogen (secondary N) is 1. The first-order chi connectivity index (χ1) is 15.9. The number of methoxy groups -OCH3 is 1. The van der Waals surface area contributed by atoms with Gasteiger partial charge in [0.2, 0.25) is 0 Å². The molecule has 3 aromatic carbocycles. The lowest BCUT2D eigenvalue weighted by Gasteiger charge is -2.14. The summed E-state index contributed by atoms with van der Waals surface area (Å²) in [6, 6.07) is 17.7. The summed E-state index contributed by atoms with van der Waals surface area (Å²) in [5.74, 6) is -1.51. The van der Waals surface area contributed by atoms with Crippen molar-refractivity contribution in [3.63, 3.8) is 0 Å². The topological polar surface area (TPSA) is 84.9 Å². The van der Waals surface area contributed by atoms with Crippen molar-refractivity contribution in [3.05, 3.63) is 93.5 Å². The van der Waals surface area contributed by atoms with Gasteiger partial charge in [0.25, 0.3) is 11.8 Å². The summed E-state index contributed by atoms with van der Waals surface area (Å²) >= 11 is 12.1. The number of hydrogen-bond donors (Lipinski definition) is 1. The summed E-state index contributed by atoms with van der Waals surface area (Å²) in [5.41, 5.74) is 3.26. The molecule has 166 valence electrons. The zero-order valence-electron chi connectivity index (χ0n) is 17.2. The van der Waals surface area contributed by atoms with Crippen molar-refractivity contribution in [3.8, 4) is 11.5 Å². The first-order valence-corrected chi connectivity index (χ1v) is 10.4. The molecule has 1 aliphatic rings. The third-order valence-corrected chi connectivity index (χ3v) is 5.23. The smallest absolute Gasteiger partial charge is 0.347 e. The van der Waals surface area contributed by atoms with Gasteiger partial charge in [-0.25, -0.2) is 9.80 Å². The normalized spacial score (nSPS) is 14.4. The van der Waals surface area contributed by atoms with E-state index in [1.54, 1.807) is 42.5 Å². The molecular weight excluding hydrogens is 467 g/mol. The molecule has 1 heterocycles. The number of ether oxygens (including phenoxy) is 2. The third-order valence-electron chi connectivity index (χ3n) is 4.76. The number of amides is 2. The largest absolute Gasteiger partial charge is 0.496 e. The Morgan fingerprint density at radius 3 is 2.30 bits per heavy atom. The number of carbonyl (C=O) groups is 3. The van der Waals surface area contributed by atoms with E-state index in [9.17, 15) is 14.4 Å². The van der Waals surface area contributed by atoms with E-state index < -0.39 is 17.8 Å². The molecule has 1 fully saturated rings. The average Bonchev–Trinajstić information content (AvgIpc) is 3.09. The fraction of sp³-hybridized carbons (Fsp3) is 0.0417. The number of para-hydroxylation sites is 1. The molecule has 2 amide bonds. The molecule has 1 saturated heterocycles. The first kappa shape index (κ1) is 22.4. The molecule has 0 aliphatic carbocycles. The second kappa shape index (κ2) is 9.36. The number of benzene rings is 3. The predicted molar refractivity (Wildman–Crippen MR) is 124 cm³/mol. The molecule has 9 heteroatoms. The zero-order valence-corrected chi connectivity index (χ0v) is 18.7. The van der Waals surface area contributed by atoms with Crippen molar-refractivity contribution in [2.45, 2.75) is 0 Å². The van der Waals surface area contributed by atoms with Gasteiger partial charge in [-0.2, -0.15) is 0 Å². The first-order valence-electron chi connectivity index (χ1n) is 9.65. The second-order valence-electron chi connectivity index (χ2n) is 6.89. The number of hydrazine groups is 1. The Kier molecular flexibility index (Phi) is 6.35. The van der Waals surface area contributed by atoms with Gasteiger partial charge in [0.05, 0.1) is 12.8 Å². The van der Waals surface area contributed by atoms with Crippen LogP contribution in [0.25, 0.3) is 6.08 Å². The van der Waals surface area contributed by atoms with Crippen molar-refractivity contribution < 1.29 is 23.9 Å². The Morgan fingerprint density at radius 2 is 1.61 bits per heavy atom. The summed E-state index contributed by atoms with van der Waals surface area (Å²) in [6.07, 6.45) is 1.32. The zero-order chi connectivity index (χ0) is 23.5. The SMILES string of the molecule is COc1ccc(Cl)cc1C(=O)Oc1ccc(Cl)cc1/C=C1/C(=O)NN(c2ccccc2)C1=O.